The number of aryl methyl sites for hydroxylation is 1. The Balaban J connectivity index is 1.24. The van der Waals surface area contributed by atoms with Crippen molar-refractivity contribution in [1.29, 1.82) is 0 Å². The largest absolute Gasteiger partial charge is 0.383 e. The van der Waals surface area contributed by atoms with Crippen LogP contribution in [0.4, 0.5) is 11.4 Å². The fraction of sp³-hybridized carbons (Fsp3) is 0.375. The summed E-state index contributed by atoms with van der Waals surface area (Å²) in [5.41, 5.74) is 3.86. The van der Waals surface area contributed by atoms with E-state index in [0.29, 0.717) is 18.8 Å². The van der Waals surface area contributed by atoms with Gasteiger partial charge in [0.15, 0.2) is 0 Å². The van der Waals surface area contributed by atoms with E-state index in [4.69, 9.17) is 0 Å². The van der Waals surface area contributed by atoms with Gasteiger partial charge in [-0.3, -0.25) is 9.79 Å². The Morgan fingerprint density at radius 1 is 1.17 bits per heavy atom. The van der Waals surface area contributed by atoms with Crippen LogP contribution in [0.3, 0.4) is 0 Å². The molecule has 6 nitrogen and oxygen atoms in total. The van der Waals surface area contributed by atoms with E-state index in [-0.39, 0.29) is 11.9 Å². The molecule has 4 rings (SSSR count). The quantitative estimate of drug-likeness (QED) is 0.480. The first-order chi connectivity index (χ1) is 14.7. The van der Waals surface area contributed by atoms with Crippen LogP contribution in [0.2, 0.25) is 0 Å². The summed E-state index contributed by atoms with van der Waals surface area (Å²) in [5, 5.41) is 6.74. The highest BCUT2D eigenvalue weighted by Gasteiger charge is 2.23. The molecule has 2 aromatic carbocycles. The lowest BCUT2D eigenvalue weighted by atomic mass is 9.85. The molecule has 0 bridgehead atoms. The molecule has 1 heterocycles. The highest BCUT2D eigenvalue weighted by atomic mass is 16.1. The van der Waals surface area contributed by atoms with Crippen LogP contribution in [0, 0.1) is 5.92 Å². The predicted molar refractivity (Wildman–Crippen MR) is 122 cm³/mol. The number of para-hydroxylation sites is 4. The summed E-state index contributed by atoms with van der Waals surface area (Å²) < 4.78 is 0. The smallest absolute Gasteiger partial charge is 0.220 e. The molecule has 1 aromatic heterocycles. The van der Waals surface area contributed by atoms with Gasteiger partial charge >= 0.3 is 0 Å². The molecule has 2 atom stereocenters. The lowest BCUT2D eigenvalue weighted by Gasteiger charge is -2.30. The Bertz CT molecular complexity index is 979. The number of hydrogen-bond donors (Lipinski definition) is 3. The van der Waals surface area contributed by atoms with Crippen molar-refractivity contribution in [3.63, 3.8) is 0 Å². The minimum absolute atomic E-state index is 0.107. The first-order valence-electron chi connectivity index (χ1n) is 10.7. The number of carbonyl (C=O) groups is 1. The van der Waals surface area contributed by atoms with Gasteiger partial charge < -0.3 is 15.6 Å². The maximum Gasteiger partial charge on any atom is 0.220 e. The van der Waals surface area contributed by atoms with Crippen LogP contribution in [-0.2, 0) is 11.2 Å². The topological polar surface area (TPSA) is 82.2 Å². The van der Waals surface area contributed by atoms with Crippen LogP contribution in [0.5, 0.6) is 0 Å². The first-order valence-corrected chi connectivity index (χ1v) is 10.7. The molecule has 2 unspecified atom stereocenters. The molecule has 0 spiro atoms. The standard InChI is InChI=1S/C24H29N5O/c1-25-19-9-2-3-10-20(19)26-16-17-7-6-8-18(15-17)27-24(30)14-13-23-28-21-11-4-5-12-22(21)29-23/h2-5,9-12,17-18,26H,1,6-8,13-16H2,(H,27,30)(H,28,29). The van der Waals surface area contributed by atoms with Crippen LogP contribution in [0.25, 0.3) is 11.0 Å². The van der Waals surface area contributed by atoms with Gasteiger partial charge in [-0.15, -0.1) is 0 Å². The average molecular weight is 404 g/mol. The lowest BCUT2D eigenvalue weighted by Crippen LogP contribution is -2.39. The summed E-state index contributed by atoms with van der Waals surface area (Å²) in [6, 6.07) is 16.2. The van der Waals surface area contributed by atoms with E-state index >= 15 is 0 Å². The zero-order valence-corrected chi connectivity index (χ0v) is 17.2. The molecular weight excluding hydrogens is 374 g/mol. The zero-order chi connectivity index (χ0) is 20.8. The van der Waals surface area contributed by atoms with Gasteiger partial charge in [-0.05, 0) is 56.2 Å². The van der Waals surface area contributed by atoms with Gasteiger partial charge in [-0.1, -0.05) is 30.7 Å². The van der Waals surface area contributed by atoms with E-state index in [1.165, 1.54) is 6.42 Å². The van der Waals surface area contributed by atoms with Gasteiger partial charge in [0.25, 0.3) is 0 Å². The van der Waals surface area contributed by atoms with E-state index < -0.39 is 0 Å². The molecule has 3 aromatic rings. The van der Waals surface area contributed by atoms with Gasteiger partial charge in [-0.25, -0.2) is 4.98 Å². The zero-order valence-electron chi connectivity index (χ0n) is 17.2. The number of H-pyrrole nitrogens is 1. The second-order valence-corrected chi connectivity index (χ2v) is 8.05. The molecular formula is C24H29N5O. The number of amides is 1. The van der Waals surface area contributed by atoms with Gasteiger partial charge in [-0.2, -0.15) is 0 Å². The summed E-state index contributed by atoms with van der Waals surface area (Å²) in [5.74, 6) is 1.51. The third-order valence-corrected chi connectivity index (χ3v) is 5.83. The number of hydrogen-bond acceptors (Lipinski definition) is 4. The number of aromatic nitrogens is 2. The summed E-state index contributed by atoms with van der Waals surface area (Å²) in [6.07, 6.45) is 5.47. The van der Waals surface area contributed by atoms with Crippen LogP contribution >= 0.6 is 0 Å². The minimum Gasteiger partial charge on any atom is -0.383 e. The van der Waals surface area contributed by atoms with E-state index in [0.717, 1.165) is 54.0 Å². The Labute approximate surface area is 177 Å². The highest BCUT2D eigenvalue weighted by Crippen LogP contribution is 2.28. The van der Waals surface area contributed by atoms with Crippen molar-refractivity contribution in [3.05, 3.63) is 54.4 Å². The van der Waals surface area contributed by atoms with Crippen LogP contribution in [0.1, 0.15) is 37.9 Å². The fourth-order valence-electron chi connectivity index (χ4n) is 4.28. The number of anilines is 1. The van der Waals surface area contributed by atoms with Gasteiger partial charge in [0.1, 0.15) is 5.82 Å². The maximum absolute atomic E-state index is 12.5. The van der Waals surface area contributed by atoms with Crippen LogP contribution in [-0.4, -0.2) is 35.2 Å². The molecule has 156 valence electrons. The normalized spacial score (nSPS) is 18.8. The Morgan fingerprint density at radius 3 is 2.87 bits per heavy atom. The van der Waals surface area contributed by atoms with Gasteiger partial charge in [0, 0.05) is 25.4 Å². The van der Waals surface area contributed by atoms with E-state index in [2.05, 4.69) is 32.3 Å². The molecule has 1 saturated carbocycles. The van der Waals surface area contributed by atoms with Crippen LogP contribution in [0.15, 0.2) is 53.5 Å². The maximum atomic E-state index is 12.5. The van der Waals surface area contributed by atoms with Crippen LogP contribution < -0.4 is 10.6 Å². The van der Waals surface area contributed by atoms with Crippen molar-refractivity contribution in [3.8, 4) is 0 Å². The van der Waals surface area contributed by atoms with E-state index in [1.807, 2.05) is 48.5 Å². The molecule has 1 aliphatic rings. The number of aromatic amines is 1. The third kappa shape index (κ3) is 5.06. The number of fused-ring (bicyclic) bond motifs is 1. The second-order valence-electron chi connectivity index (χ2n) is 8.05. The number of nitrogens with zero attached hydrogens (tertiary/aromatic N) is 2. The van der Waals surface area contributed by atoms with Crippen molar-refractivity contribution < 1.29 is 4.79 Å². The molecule has 0 aliphatic heterocycles. The SMILES string of the molecule is C=Nc1ccccc1NCC1CCCC(NC(=O)CCc2nc3ccccc3[nH]2)C1. The molecule has 1 fully saturated rings. The monoisotopic (exact) mass is 403 g/mol. The Morgan fingerprint density at radius 2 is 2.00 bits per heavy atom. The van der Waals surface area contributed by atoms with Gasteiger partial charge in [0.2, 0.25) is 5.91 Å². The molecule has 6 heteroatoms. The Kier molecular flexibility index (Phi) is 6.42. The van der Waals surface area contributed by atoms with Crippen molar-refractivity contribution in [2.75, 3.05) is 11.9 Å². The summed E-state index contributed by atoms with van der Waals surface area (Å²) in [6.45, 7) is 4.53. The van der Waals surface area contributed by atoms with Gasteiger partial charge in [0.05, 0.1) is 22.4 Å². The molecule has 1 amide bonds. The number of imidazole rings is 1. The van der Waals surface area contributed by atoms with Crippen molar-refractivity contribution in [2.45, 2.75) is 44.6 Å². The lowest BCUT2D eigenvalue weighted by molar-refractivity contribution is -0.122. The number of carbonyl (C=O) groups excluding carboxylic acids is 1. The summed E-state index contributed by atoms with van der Waals surface area (Å²) in [4.78, 5) is 24.4. The third-order valence-electron chi connectivity index (χ3n) is 5.83. The van der Waals surface area contributed by atoms with E-state index in [1.54, 1.807) is 0 Å². The molecule has 30 heavy (non-hydrogen) atoms. The van der Waals surface area contributed by atoms with Crippen molar-refractivity contribution in [1.82, 2.24) is 15.3 Å². The summed E-state index contributed by atoms with van der Waals surface area (Å²) >= 11 is 0. The molecule has 1 aliphatic carbocycles. The number of aliphatic imine (C=N–C) groups is 1. The number of benzene rings is 2. The van der Waals surface area contributed by atoms with Crippen molar-refractivity contribution >= 4 is 35.0 Å². The number of nitrogens with one attached hydrogen (secondary N) is 3. The highest BCUT2D eigenvalue weighted by molar-refractivity contribution is 5.77. The Hall–Kier alpha value is -3.15. The molecule has 0 saturated heterocycles. The fourth-order valence-corrected chi connectivity index (χ4v) is 4.28. The van der Waals surface area contributed by atoms with E-state index in [9.17, 15) is 4.79 Å². The minimum atomic E-state index is 0.107. The molecule has 3 N–H and O–H groups in total. The molecule has 0 radical (unpaired) electrons. The number of rotatable bonds is 8. The predicted octanol–water partition coefficient (Wildman–Crippen LogP) is 4.61. The second kappa shape index (κ2) is 9.57. The summed E-state index contributed by atoms with van der Waals surface area (Å²) in [7, 11) is 0. The average Bonchev–Trinajstić information content (AvgIpc) is 3.20. The van der Waals surface area contributed by atoms with Crippen molar-refractivity contribution in [2.24, 2.45) is 10.9 Å². The first kappa shape index (κ1) is 20.1.